The van der Waals surface area contributed by atoms with E-state index in [1.54, 1.807) is 0 Å². The van der Waals surface area contributed by atoms with E-state index in [2.05, 4.69) is 5.84 Å². The number of hydrogen-bond acceptors (Lipinski definition) is 3. The molecule has 0 bridgehead atoms. The van der Waals surface area contributed by atoms with Gasteiger partial charge in [-0.3, -0.25) is 0 Å². The van der Waals surface area contributed by atoms with Crippen LogP contribution in [0.5, 0.6) is 0 Å². The minimum atomic E-state index is -6.03. The summed E-state index contributed by atoms with van der Waals surface area (Å²) < 4.78 is 101. The Balaban J connectivity index is 3.38. The molecule has 0 radical (unpaired) electrons. The number of aryl methyl sites for hydroxylation is 1. The van der Waals surface area contributed by atoms with Crippen LogP contribution < -0.4 is 5.84 Å². The molecule has 1 aromatic carbocycles. The average Bonchev–Trinajstić information content (AvgIpc) is 2.36. The lowest BCUT2D eigenvalue weighted by molar-refractivity contribution is -0.322. The Kier molecular flexibility index (Phi) is 4.58. The Labute approximate surface area is 122 Å². The van der Waals surface area contributed by atoms with Crippen LogP contribution in [-0.2, 0) is 10.0 Å². The predicted molar refractivity (Wildman–Crippen MR) is 64.9 cm³/mol. The van der Waals surface area contributed by atoms with E-state index in [1.807, 2.05) is 0 Å². The van der Waals surface area contributed by atoms with Gasteiger partial charge in [-0.2, -0.15) is 22.0 Å². The molecule has 2 N–H and O–H groups in total. The van der Waals surface area contributed by atoms with Crippen molar-refractivity contribution < 1.29 is 34.8 Å². The highest BCUT2D eigenvalue weighted by Crippen LogP contribution is 2.46. The SMILES string of the molecule is Cc1cccc(S(=O)(=O)N(N)C(F)(F)C(C)(F)C(F)(F)F)c1. The fraction of sp³-hybridized carbons (Fsp3) is 0.455. The van der Waals surface area contributed by atoms with Crippen molar-refractivity contribution in [3.8, 4) is 0 Å². The van der Waals surface area contributed by atoms with E-state index in [9.17, 15) is 34.8 Å². The maximum atomic E-state index is 13.7. The van der Waals surface area contributed by atoms with Crippen molar-refractivity contribution in [1.29, 1.82) is 0 Å². The summed E-state index contributed by atoms with van der Waals surface area (Å²) in [7, 11) is -5.24. The van der Waals surface area contributed by atoms with Crippen LogP contribution in [0.3, 0.4) is 0 Å². The van der Waals surface area contributed by atoms with Gasteiger partial charge in [0.15, 0.2) is 0 Å². The van der Waals surface area contributed by atoms with Gasteiger partial charge >= 0.3 is 12.2 Å². The second-order valence-electron chi connectivity index (χ2n) is 4.66. The Morgan fingerprint density at radius 2 is 1.59 bits per heavy atom. The van der Waals surface area contributed by atoms with Crippen LogP contribution in [0.4, 0.5) is 26.3 Å². The third-order valence-corrected chi connectivity index (χ3v) is 4.52. The summed E-state index contributed by atoms with van der Waals surface area (Å²) in [5, 5.41) is 0. The van der Waals surface area contributed by atoms with Crippen LogP contribution in [0.2, 0.25) is 0 Å². The second-order valence-corrected chi connectivity index (χ2v) is 6.47. The van der Waals surface area contributed by atoms with Crippen molar-refractivity contribution in [3.63, 3.8) is 0 Å². The topological polar surface area (TPSA) is 63.4 Å². The Morgan fingerprint density at radius 1 is 1.09 bits per heavy atom. The molecule has 0 spiro atoms. The number of benzene rings is 1. The smallest absolute Gasteiger partial charge is 0.249 e. The molecule has 0 saturated heterocycles. The maximum Gasteiger partial charge on any atom is 0.429 e. The van der Waals surface area contributed by atoms with Crippen molar-refractivity contribution >= 4 is 10.0 Å². The van der Waals surface area contributed by atoms with Gasteiger partial charge in [0.05, 0.1) is 4.90 Å². The molecule has 0 aliphatic carbocycles. The highest BCUT2D eigenvalue weighted by atomic mass is 32.2. The molecule has 0 heterocycles. The largest absolute Gasteiger partial charge is 0.429 e. The zero-order valence-corrected chi connectivity index (χ0v) is 12.1. The molecular weight excluding hydrogens is 338 g/mol. The molecule has 0 aliphatic heterocycles. The van der Waals surface area contributed by atoms with E-state index in [0.717, 1.165) is 12.1 Å². The molecule has 1 atom stereocenters. The van der Waals surface area contributed by atoms with Crippen molar-refractivity contribution in [1.82, 2.24) is 4.41 Å². The van der Waals surface area contributed by atoms with Gasteiger partial charge in [-0.1, -0.05) is 16.5 Å². The van der Waals surface area contributed by atoms with Crippen molar-refractivity contribution in [3.05, 3.63) is 29.8 Å². The molecular formula is C11H12F6N2O2S. The number of halogens is 6. The number of rotatable bonds is 4. The van der Waals surface area contributed by atoms with Crippen molar-refractivity contribution in [2.75, 3.05) is 0 Å². The number of alkyl halides is 6. The summed E-state index contributed by atoms with van der Waals surface area (Å²) in [4.78, 5) is -0.785. The molecule has 4 nitrogen and oxygen atoms in total. The quantitative estimate of drug-likeness (QED) is 0.393. The van der Waals surface area contributed by atoms with Crippen molar-refractivity contribution in [2.24, 2.45) is 5.84 Å². The fourth-order valence-corrected chi connectivity index (χ4v) is 2.70. The summed E-state index contributed by atoms with van der Waals surface area (Å²) in [5.74, 6) is 4.65. The first-order valence-electron chi connectivity index (χ1n) is 5.66. The lowest BCUT2D eigenvalue weighted by Crippen LogP contribution is -2.65. The molecule has 1 rings (SSSR count). The molecule has 0 saturated carbocycles. The monoisotopic (exact) mass is 350 g/mol. The van der Waals surface area contributed by atoms with Crippen molar-refractivity contribution in [2.45, 2.75) is 36.6 Å². The highest BCUT2D eigenvalue weighted by Gasteiger charge is 2.72. The zero-order chi connectivity index (χ0) is 17.6. The Hall–Kier alpha value is -1.33. The summed E-state index contributed by atoms with van der Waals surface area (Å²) in [6, 6.07) is -1.19. The predicted octanol–water partition coefficient (Wildman–Crippen LogP) is 2.74. The number of hydrogen-bond donors (Lipinski definition) is 1. The molecule has 11 heteroatoms. The van der Waals surface area contributed by atoms with Gasteiger partial charge in [-0.15, -0.1) is 0 Å². The van der Waals surface area contributed by atoms with Gasteiger partial charge < -0.3 is 0 Å². The van der Waals surface area contributed by atoms with Crippen LogP contribution >= 0.6 is 0 Å². The molecule has 22 heavy (non-hydrogen) atoms. The lowest BCUT2D eigenvalue weighted by atomic mass is 10.1. The van der Waals surface area contributed by atoms with E-state index in [1.165, 1.54) is 19.1 Å². The molecule has 0 aliphatic rings. The fourth-order valence-electron chi connectivity index (χ4n) is 1.42. The van der Waals surface area contributed by atoms with Crippen LogP contribution in [0.1, 0.15) is 12.5 Å². The van der Waals surface area contributed by atoms with Gasteiger partial charge in [0.25, 0.3) is 15.7 Å². The van der Waals surface area contributed by atoms with Gasteiger partial charge in [0.2, 0.25) is 0 Å². The normalized spacial score (nSPS) is 16.6. The third kappa shape index (κ3) is 2.92. The zero-order valence-electron chi connectivity index (χ0n) is 11.3. The molecule has 0 aromatic heterocycles. The van der Waals surface area contributed by atoms with Crippen LogP contribution in [0, 0.1) is 6.92 Å². The van der Waals surface area contributed by atoms with Crippen LogP contribution in [-0.4, -0.2) is 30.7 Å². The Bertz CT molecular complexity index is 657. The average molecular weight is 350 g/mol. The molecule has 0 amide bonds. The standard InChI is InChI=1S/C11H12F6N2O2S/c1-7-4-3-5-8(6-7)22(20,21)19(18)11(16,17)9(2,12)10(13,14)15/h3-6H,18H2,1-2H3. The molecule has 1 unspecified atom stereocenters. The number of sulfonamides is 1. The van der Waals surface area contributed by atoms with E-state index in [4.69, 9.17) is 0 Å². The van der Waals surface area contributed by atoms with E-state index < -0.39 is 44.1 Å². The van der Waals surface area contributed by atoms with E-state index in [0.29, 0.717) is 5.56 Å². The van der Waals surface area contributed by atoms with Gasteiger partial charge in [0.1, 0.15) is 0 Å². The van der Waals surface area contributed by atoms with Gasteiger partial charge in [0, 0.05) is 0 Å². The third-order valence-electron chi connectivity index (χ3n) is 2.92. The summed E-state index contributed by atoms with van der Waals surface area (Å²) in [6.07, 6.45) is -6.03. The molecule has 0 fully saturated rings. The summed E-state index contributed by atoms with van der Waals surface area (Å²) in [5.41, 5.74) is -4.84. The first kappa shape index (κ1) is 18.7. The van der Waals surface area contributed by atoms with E-state index in [-0.39, 0.29) is 0 Å². The van der Waals surface area contributed by atoms with Crippen LogP contribution in [0.15, 0.2) is 29.2 Å². The van der Waals surface area contributed by atoms with E-state index >= 15 is 0 Å². The number of hydrazine groups is 1. The number of nitrogens with two attached hydrogens (primary N) is 1. The Morgan fingerprint density at radius 3 is 2.00 bits per heavy atom. The maximum absolute atomic E-state index is 13.7. The lowest BCUT2D eigenvalue weighted by Gasteiger charge is -2.36. The van der Waals surface area contributed by atoms with Gasteiger partial charge in [-0.25, -0.2) is 18.7 Å². The minimum absolute atomic E-state index is 0.330. The van der Waals surface area contributed by atoms with Gasteiger partial charge in [-0.05, 0) is 31.5 Å². The second kappa shape index (κ2) is 5.39. The highest BCUT2D eigenvalue weighted by molar-refractivity contribution is 7.89. The van der Waals surface area contributed by atoms with Crippen LogP contribution in [0.25, 0.3) is 0 Å². The summed E-state index contributed by atoms with van der Waals surface area (Å²) in [6.45, 7) is 0.936. The summed E-state index contributed by atoms with van der Waals surface area (Å²) >= 11 is 0. The molecule has 126 valence electrons. The molecule has 1 aromatic rings. The number of nitrogens with zero attached hydrogens (tertiary/aromatic N) is 1. The first-order chi connectivity index (χ1) is 9.65. The minimum Gasteiger partial charge on any atom is -0.249 e. The first-order valence-corrected chi connectivity index (χ1v) is 7.10.